The van der Waals surface area contributed by atoms with E-state index in [1.54, 1.807) is 0 Å². The van der Waals surface area contributed by atoms with Gasteiger partial charge in [0.2, 0.25) is 5.91 Å². The molecule has 0 radical (unpaired) electrons. The standard InChI is InChI=1S/C23H30N4O.C2HF3O2/c1-16(2)8-12-27-19-6-4-10-24-21(19)26-11-5-7-20(26)23(27)9-13-25(15-23)22(28)18-14-17(18)3;3-2(4,5)1(6)7/h4-7,10-11,16-18H,8-9,12-15H2,1-3H3;(H,6,7). The minimum Gasteiger partial charge on any atom is -0.475 e. The molecule has 0 aromatic carbocycles. The first kappa shape index (κ1) is 25.1. The van der Waals surface area contributed by atoms with E-state index in [1.165, 1.54) is 11.4 Å². The summed E-state index contributed by atoms with van der Waals surface area (Å²) in [4.78, 5) is 31.3. The van der Waals surface area contributed by atoms with Gasteiger partial charge in [-0.1, -0.05) is 20.8 Å². The zero-order valence-electron chi connectivity index (χ0n) is 20.1. The number of carboxylic acids is 1. The van der Waals surface area contributed by atoms with Crippen molar-refractivity contribution in [2.45, 2.75) is 51.7 Å². The van der Waals surface area contributed by atoms with Crippen LogP contribution < -0.4 is 4.90 Å². The summed E-state index contributed by atoms with van der Waals surface area (Å²) < 4.78 is 34.0. The number of nitrogens with zero attached hydrogens (tertiary/aromatic N) is 4. The highest BCUT2D eigenvalue weighted by atomic mass is 19.4. The van der Waals surface area contributed by atoms with Crippen molar-refractivity contribution in [2.75, 3.05) is 24.5 Å². The molecular formula is C25H31F3N4O3. The first-order valence-electron chi connectivity index (χ1n) is 12.0. The Balaban J connectivity index is 0.000000364. The van der Waals surface area contributed by atoms with Crippen LogP contribution in [0.5, 0.6) is 0 Å². The van der Waals surface area contributed by atoms with Gasteiger partial charge >= 0.3 is 12.1 Å². The molecule has 10 heteroatoms. The number of carbonyl (C=O) groups is 2. The summed E-state index contributed by atoms with van der Waals surface area (Å²) in [5.74, 6) is 0.0652. The number of rotatable bonds is 4. The van der Waals surface area contributed by atoms with Gasteiger partial charge in [-0.05, 0) is 55.4 Å². The van der Waals surface area contributed by atoms with Gasteiger partial charge < -0.3 is 19.5 Å². The van der Waals surface area contributed by atoms with Crippen LogP contribution in [0, 0.1) is 17.8 Å². The number of fused-ring (bicyclic) bond motifs is 4. The normalized spacial score (nSPS) is 24.7. The number of aliphatic carboxylic acids is 1. The van der Waals surface area contributed by atoms with E-state index in [0.29, 0.717) is 17.7 Å². The van der Waals surface area contributed by atoms with E-state index in [9.17, 15) is 18.0 Å². The quantitative estimate of drug-likeness (QED) is 0.682. The average Bonchev–Trinajstić information content (AvgIpc) is 3.17. The van der Waals surface area contributed by atoms with Crippen molar-refractivity contribution in [2.24, 2.45) is 17.8 Å². The Morgan fingerprint density at radius 3 is 2.54 bits per heavy atom. The van der Waals surface area contributed by atoms with Gasteiger partial charge in [0, 0.05) is 37.9 Å². The van der Waals surface area contributed by atoms with Gasteiger partial charge in [0.05, 0.1) is 11.4 Å². The van der Waals surface area contributed by atoms with Crippen molar-refractivity contribution in [3.05, 3.63) is 42.4 Å². The number of carbonyl (C=O) groups excluding carboxylic acids is 1. The fourth-order valence-electron chi connectivity index (χ4n) is 5.13. The molecule has 1 spiro atoms. The number of carboxylic acid groups (broad SMARTS) is 1. The van der Waals surface area contributed by atoms with E-state index < -0.39 is 12.1 Å². The summed E-state index contributed by atoms with van der Waals surface area (Å²) in [5.41, 5.74) is 2.32. The van der Waals surface area contributed by atoms with Crippen molar-refractivity contribution >= 4 is 17.6 Å². The molecule has 1 saturated heterocycles. The highest BCUT2D eigenvalue weighted by Crippen LogP contribution is 2.48. The SMILES string of the molecule is CC(C)CCN1c2cccnc2-n2cccc2C12CCN(C(=O)C1CC1C)C2.O=C(O)C(F)(F)F. The highest BCUT2D eigenvalue weighted by molar-refractivity contribution is 5.82. The van der Waals surface area contributed by atoms with E-state index in [0.717, 1.165) is 44.7 Å². The van der Waals surface area contributed by atoms with Gasteiger partial charge in [0.15, 0.2) is 5.82 Å². The minimum atomic E-state index is -5.08. The number of hydrogen-bond acceptors (Lipinski definition) is 4. The van der Waals surface area contributed by atoms with Crippen molar-refractivity contribution in [1.82, 2.24) is 14.5 Å². The van der Waals surface area contributed by atoms with Crippen LogP contribution in [-0.4, -0.2) is 57.2 Å². The first-order valence-corrected chi connectivity index (χ1v) is 12.0. The molecule has 5 rings (SSSR count). The molecule has 190 valence electrons. The lowest BCUT2D eigenvalue weighted by molar-refractivity contribution is -0.192. The lowest BCUT2D eigenvalue weighted by Gasteiger charge is -2.47. The second-order valence-electron chi connectivity index (χ2n) is 10.1. The van der Waals surface area contributed by atoms with E-state index >= 15 is 0 Å². The summed E-state index contributed by atoms with van der Waals surface area (Å²) in [6, 6.07) is 8.58. The lowest BCUT2D eigenvalue weighted by Crippen LogP contribution is -2.53. The smallest absolute Gasteiger partial charge is 0.475 e. The second kappa shape index (κ2) is 9.20. The molecule has 1 aliphatic carbocycles. The average molecular weight is 493 g/mol. The third-order valence-corrected chi connectivity index (χ3v) is 7.19. The van der Waals surface area contributed by atoms with Crippen molar-refractivity contribution < 1.29 is 27.9 Å². The van der Waals surface area contributed by atoms with E-state index in [-0.39, 0.29) is 11.5 Å². The maximum Gasteiger partial charge on any atom is 0.490 e. The Hall–Kier alpha value is -3.04. The van der Waals surface area contributed by atoms with Gasteiger partial charge in [-0.3, -0.25) is 4.79 Å². The third kappa shape index (κ3) is 4.75. The number of amides is 1. The van der Waals surface area contributed by atoms with Crippen LogP contribution in [0.25, 0.3) is 5.82 Å². The van der Waals surface area contributed by atoms with Crippen molar-refractivity contribution in [3.63, 3.8) is 0 Å². The van der Waals surface area contributed by atoms with Crippen LogP contribution in [-0.2, 0) is 15.1 Å². The molecule has 2 fully saturated rings. The molecule has 35 heavy (non-hydrogen) atoms. The van der Waals surface area contributed by atoms with Gasteiger partial charge in [0.25, 0.3) is 0 Å². The van der Waals surface area contributed by atoms with Crippen molar-refractivity contribution in [1.29, 1.82) is 0 Å². The first-order chi connectivity index (χ1) is 16.5. The van der Waals surface area contributed by atoms with Gasteiger partial charge in [-0.25, -0.2) is 9.78 Å². The maximum atomic E-state index is 13.0. The number of alkyl halides is 3. The lowest BCUT2D eigenvalue weighted by atomic mass is 9.88. The zero-order chi connectivity index (χ0) is 25.5. The van der Waals surface area contributed by atoms with Crippen LogP contribution in [0.3, 0.4) is 0 Å². The number of aromatic nitrogens is 2. The Morgan fingerprint density at radius 1 is 1.26 bits per heavy atom. The molecule has 4 heterocycles. The number of hydrogen-bond donors (Lipinski definition) is 1. The molecule has 2 aliphatic heterocycles. The summed E-state index contributed by atoms with van der Waals surface area (Å²) in [6.45, 7) is 9.37. The zero-order valence-corrected chi connectivity index (χ0v) is 20.1. The predicted molar refractivity (Wildman–Crippen MR) is 124 cm³/mol. The van der Waals surface area contributed by atoms with Gasteiger partial charge in [0.1, 0.15) is 5.54 Å². The van der Waals surface area contributed by atoms with E-state index in [2.05, 4.69) is 59.5 Å². The predicted octanol–water partition coefficient (Wildman–Crippen LogP) is 4.46. The summed E-state index contributed by atoms with van der Waals surface area (Å²) in [5, 5.41) is 7.12. The molecule has 7 nitrogen and oxygen atoms in total. The third-order valence-electron chi connectivity index (χ3n) is 7.19. The molecule has 3 atom stereocenters. The van der Waals surface area contributed by atoms with Crippen molar-refractivity contribution in [3.8, 4) is 5.82 Å². The second-order valence-corrected chi connectivity index (χ2v) is 10.1. The molecule has 2 aromatic rings. The van der Waals surface area contributed by atoms with Crippen LogP contribution in [0.2, 0.25) is 0 Å². The molecule has 3 unspecified atom stereocenters. The summed E-state index contributed by atoms with van der Waals surface area (Å²) >= 11 is 0. The topological polar surface area (TPSA) is 78.7 Å². The summed E-state index contributed by atoms with van der Waals surface area (Å²) in [7, 11) is 0. The highest BCUT2D eigenvalue weighted by Gasteiger charge is 2.53. The Labute approximate surface area is 202 Å². The molecule has 3 aliphatic rings. The van der Waals surface area contributed by atoms with Crippen LogP contribution in [0.15, 0.2) is 36.7 Å². The molecule has 0 bridgehead atoms. The molecule has 2 aromatic heterocycles. The van der Waals surface area contributed by atoms with Gasteiger partial charge in [-0.2, -0.15) is 13.2 Å². The molecule has 1 amide bonds. The Bertz CT molecular complexity index is 1100. The van der Waals surface area contributed by atoms with Crippen LogP contribution in [0.1, 0.15) is 45.7 Å². The summed E-state index contributed by atoms with van der Waals surface area (Å²) in [6.07, 6.45) is 2.08. The number of anilines is 1. The molecule has 1 saturated carbocycles. The minimum absolute atomic E-state index is 0.151. The van der Waals surface area contributed by atoms with E-state index in [4.69, 9.17) is 14.9 Å². The fraction of sp³-hybridized carbons (Fsp3) is 0.560. The fourth-order valence-corrected chi connectivity index (χ4v) is 5.13. The number of halogens is 3. The van der Waals surface area contributed by atoms with E-state index in [1.807, 2.05) is 12.3 Å². The maximum absolute atomic E-state index is 13.0. The Morgan fingerprint density at radius 2 is 1.94 bits per heavy atom. The van der Waals surface area contributed by atoms with Crippen LogP contribution in [0.4, 0.5) is 18.9 Å². The van der Waals surface area contributed by atoms with Crippen LogP contribution >= 0.6 is 0 Å². The molecule has 1 N–H and O–H groups in total. The molecular weight excluding hydrogens is 461 g/mol. The van der Waals surface area contributed by atoms with Gasteiger partial charge in [-0.15, -0.1) is 0 Å². The largest absolute Gasteiger partial charge is 0.490 e. The Kier molecular flexibility index (Phi) is 6.59. The number of likely N-dealkylation sites (tertiary alicyclic amines) is 1. The monoisotopic (exact) mass is 492 g/mol. The number of pyridine rings is 1.